The lowest BCUT2D eigenvalue weighted by atomic mass is 9.99. The van der Waals surface area contributed by atoms with Gasteiger partial charge in [-0.3, -0.25) is 5.32 Å². The van der Waals surface area contributed by atoms with Crippen LogP contribution in [0.1, 0.15) is 39.7 Å². The zero-order valence-corrected chi connectivity index (χ0v) is 13.7. The van der Waals surface area contributed by atoms with Crippen molar-refractivity contribution in [3.63, 3.8) is 0 Å². The molecule has 0 saturated heterocycles. The van der Waals surface area contributed by atoms with Crippen LogP contribution in [0.3, 0.4) is 0 Å². The van der Waals surface area contributed by atoms with Gasteiger partial charge in [0.25, 0.3) is 0 Å². The number of ether oxygens (including phenoxy) is 2. The first-order valence-corrected chi connectivity index (χ1v) is 7.42. The van der Waals surface area contributed by atoms with Crippen LogP contribution in [-0.4, -0.2) is 25.3 Å². The topological polar surface area (TPSA) is 54.3 Å². The normalized spacial score (nSPS) is 13.6. The highest BCUT2D eigenvalue weighted by molar-refractivity contribution is 5.42. The Balaban J connectivity index is 2.65. The van der Waals surface area contributed by atoms with Crippen molar-refractivity contribution < 1.29 is 9.47 Å². The van der Waals surface area contributed by atoms with Gasteiger partial charge in [0.2, 0.25) is 0 Å². The molecule has 1 rings (SSSR count). The molecule has 0 fully saturated rings. The van der Waals surface area contributed by atoms with Crippen molar-refractivity contribution >= 4 is 0 Å². The smallest absolute Gasteiger partial charge is 0.161 e. The summed E-state index contributed by atoms with van der Waals surface area (Å²) < 4.78 is 11.1. The fraction of sp³-hybridized carbons (Fsp3) is 0.588. The van der Waals surface area contributed by atoms with Crippen molar-refractivity contribution in [2.75, 3.05) is 13.7 Å². The van der Waals surface area contributed by atoms with Crippen LogP contribution in [-0.2, 0) is 6.42 Å². The molecule has 0 radical (unpaired) electrons. The van der Waals surface area contributed by atoms with Crippen LogP contribution in [0, 0.1) is 11.3 Å². The maximum absolute atomic E-state index is 9.31. The van der Waals surface area contributed by atoms with E-state index in [9.17, 15) is 5.26 Å². The second kappa shape index (κ2) is 7.90. The van der Waals surface area contributed by atoms with Crippen LogP contribution in [0.4, 0.5) is 0 Å². The molecule has 4 nitrogen and oxygen atoms in total. The zero-order chi connectivity index (χ0) is 15.9. The molecule has 0 aromatic heterocycles. The molecule has 0 heterocycles. The summed E-state index contributed by atoms with van der Waals surface area (Å²) in [7, 11) is 1.64. The molecule has 1 aromatic rings. The minimum Gasteiger partial charge on any atom is -0.493 e. The second-order valence-electron chi connectivity index (χ2n) is 5.68. The van der Waals surface area contributed by atoms with Crippen molar-refractivity contribution in [2.24, 2.45) is 0 Å². The van der Waals surface area contributed by atoms with Gasteiger partial charge in [-0.1, -0.05) is 13.0 Å². The van der Waals surface area contributed by atoms with E-state index in [-0.39, 0.29) is 6.04 Å². The van der Waals surface area contributed by atoms with E-state index in [4.69, 9.17) is 9.47 Å². The lowest BCUT2D eigenvalue weighted by Gasteiger charge is -2.26. The third kappa shape index (κ3) is 5.28. The molecular weight excluding hydrogens is 264 g/mol. The molecule has 1 atom stereocenters. The van der Waals surface area contributed by atoms with E-state index in [1.807, 2.05) is 39.0 Å². The zero-order valence-electron chi connectivity index (χ0n) is 13.7. The minimum absolute atomic E-state index is 0.257. The van der Waals surface area contributed by atoms with Crippen LogP contribution in [0.2, 0.25) is 0 Å². The van der Waals surface area contributed by atoms with Crippen molar-refractivity contribution in [2.45, 2.75) is 52.1 Å². The van der Waals surface area contributed by atoms with Crippen LogP contribution in [0.5, 0.6) is 11.5 Å². The van der Waals surface area contributed by atoms with Crippen LogP contribution in [0.25, 0.3) is 0 Å². The largest absolute Gasteiger partial charge is 0.493 e. The monoisotopic (exact) mass is 290 g/mol. The minimum atomic E-state index is -0.579. The van der Waals surface area contributed by atoms with Gasteiger partial charge in [-0.15, -0.1) is 0 Å². The lowest BCUT2D eigenvalue weighted by molar-refractivity contribution is 0.249. The van der Waals surface area contributed by atoms with Crippen molar-refractivity contribution in [1.82, 2.24) is 5.32 Å². The summed E-state index contributed by atoms with van der Waals surface area (Å²) in [6.45, 7) is 8.52. The molecule has 116 valence electrons. The van der Waals surface area contributed by atoms with E-state index >= 15 is 0 Å². The number of hydrogen-bond acceptors (Lipinski definition) is 4. The number of rotatable bonds is 8. The molecule has 0 bridgehead atoms. The van der Waals surface area contributed by atoms with Gasteiger partial charge in [-0.25, -0.2) is 0 Å². The molecule has 21 heavy (non-hydrogen) atoms. The van der Waals surface area contributed by atoms with Crippen LogP contribution in [0.15, 0.2) is 18.2 Å². The van der Waals surface area contributed by atoms with Crippen molar-refractivity contribution in [3.05, 3.63) is 23.8 Å². The number of methoxy groups -OCH3 is 1. The van der Waals surface area contributed by atoms with Crippen molar-refractivity contribution in [3.8, 4) is 17.6 Å². The Bertz CT molecular complexity index is 494. The molecule has 1 unspecified atom stereocenters. The summed E-state index contributed by atoms with van der Waals surface area (Å²) in [5.74, 6) is 1.46. The summed E-state index contributed by atoms with van der Waals surface area (Å²) in [6.07, 6.45) is 1.57. The molecule has 0 amide bonds. The van der Waals surface area contributed by atoms with Crippen LogP contribution >= 0.6 is 0 Å². The van der Waals surface area contributed by atoms with Gasteiger partial charge in [0.15, 0.2) is 11.5 Å². The Kier molecular flexibility index (Phi) is 6.51. The Morgan fingerprint density at radius 2 is 2.05 bits per heavy atom. The standard InChI is InChI=1S/C17H26N2O2/c1-6-14-7-8-15(16(11-14)20-5)21-10-9-17(4,12-18)19-13(2)3/h7-8,11,13,19H,6,9-10H2,1-5H3. The highest BCUT2D eigenvalue weighted by Gasteiger charge is 2.24. The fourth-order valence-electron chi connectivity index (χ4n) is 2.21. The predicted octanol–water partition coefficient (Wildman–Crippen LogP) is 3.31. The van der Waals surface area contributed by atoms with Gasteiger partial charge >= 0.3 is 0 Å². The van der Waals surface area contributed by atoms with Crippen molar-refractivity contribution in [1.29, 1.82) is 5.26 Å². The van der Waals surface area contributed by atoms with E-state index in [2.05, 4.69) is 18.3 Å². The summed E-state index contributed by atoms with van der Waals surface area (Å²) in [4.78, 5) is 0. The summed E-state index contributed by atoms with van der Waals surface area (Å²) in [6, 6.07) is 8.53. The van der Waals surface area contributed by atoms with Gasteiger partial charge in [0.05, 0.1) is 19.8 Å². The van der Waals surface area contributed by atoms with E-state index in [1.165, 1.54) is 5.56 Å². The molecule has 0 spiro atoms. The van der Waals surface area contributed by atoms with E-state index in [0.717, 1.165) is 17.9 Å². The molecule has 0 aliphatic carbocycles. The molecule has 1 aromatic carbocycles. The first kappa shape index (κ1) is 17.3. The summed E-state index contributed by atoms with van der Waals surface area (Å²) >= 11 is 0. The molecule has 0 aliphatic rings. The molecule has 4 heteroatoms. The van der Waals surface area contributed by atoms with E-state index in [0.29, 0.717) is 13.0 Å². The molecule has 1 N–H and O–H groups in total. The first-order valence-electron chi connectivity index (χ1n) is 7.42. The number of nitrogens with zero attached hydrogens (tertiary/aromatic N) is 1. The average Bonchev–Trinajstić information content (AvgIpc) is 2.46. The lowest BCUT2D eigenvalue weighted by Crippen LogP contribution is -2.45. The summed E-state index contributed by atoms with van der Waals surface area (Å²) in [5, 5.41) is 12.6. The SMILES string of the molecule is CCc1ccc(OCCC(C)(C#N)NC(C)C)c(OC)c1. The Labute approximate surface area is 128 Å². The highest BCUT2D eigenvalue weighted by Crippen LogP contribution is 2.28. The molecule has 0 aliphatic heterocycles. The van der Waals surface area contributed by atoms with Gasteiger partial charge in [0, 0.05) is 12.5 Å². The number of nitriles is 1. The van der Waals surface area contributed by atoms with Crippen LogP contribution < -0.4 is 14.8 Å². The first-order chi connectivity index (χ1) is 9.94. The Morgan fingerprint density at radius 3 is 2.57 bits per heavy atom. The maximum atomic E-state index is 9.31. The molecular formula is C17H26N2O2. The number of benzene rings is 1. The van der Waals surface area contributed by atoms with Gasteiger partial charge in [0.1, 0.15) is 5.54 Å². The quantitative estimate of drug-likeness (QED) is 0.798. The Hall–Kier alpha value is -1.73. The number of aryl methyl sites for hydroxylation is 1. The maximum Gasteiger partial charge on any atom is 0.161 e. The summed E-state index contributed by atoms with van der Waals surface area (Å²) in [5.41, 5.74) is 0.632. The third-order valence-electron chi connectivity index (χ3n) is 3.35. The van der Waals surface area contributed by atoms with Gasteiger partial charge < -0.3 is 9.47 Å². The molecule has 0 saturated carbocycles. The average molecular weight is 290 g/mol. The predicted molar refractivity (Wildman–Crippen MR) is 84.8 cm³/mol. The van der Waals surface area contributed by atoms with Gasteiger partial charge in [-0.05, 0) is 44.9 Å². The van der Waals surface area contributed by atoms with E-state index in [1.54, 1.807) is 7.11 Å². The number of nitrogens with one attached hydrogen (secondary N) is 1. The number of hydrogen-bond donors (Lipinski definition) is 1. The highest BCUT2D eigenvalue weighted by atomic mass is 16.5. The second-order valence-corrected chi connectivity index (χ2v) is 5.68. The fourth-order valence-corrected chi connectivity index (χ4v) is 2.21. The van der Waals surface area contributed by atoms with E-state index < -0.39 is 5.54 Å². The van der Waals surface area contributed by atoms with Gasteiger partial charge in [-0.2, -0.15) is 5.26 Å². The Morgan fingerprint density at radius 1 is 1.33 bits per heavy atom. The third-order valence-corrected chi connectivity index (χ3v) is 3.35.